The average molecular weight is 237 g/mol. The zero-order chi connectivity index (χ0) is 12.3. The Hall–Kier alpha value is -1.63. The van der Waals surface area contributed by atoms with Gasteiger partial charge >= 0.3 is 6.36 Å². The average Bonchev–Trinajstić information content (AvgIpc) is 2.12. The molecule has 0 aliphatic carbocycles. The third kappa shape index (κ3) is 3.50. The molecule has 0 bridgehead atoms. The Labute approximate surface area is 88.2 Å². The van der Waals surface area contributed by atoms with E-state index in [1.165, 1.54) is 6.07 Å². The zero-order valence-electron chi connectivity index (χ0n) is 8.08. The summed E-state index contributed by atoms with van der Waals surface area (Å²) in [5.41, 5.74) is -0.329. The zero-order valence-corrected chi connectivity index (χ0v) is 8.08. The van der Waals surface area contributed by atoms with Crippen molar-refractivity contribution in [3.8, 4) is 0 Å². The van der Waals surface area contributed by atoms with Gasteiger partial charge in [0.15, 0.2) is 0 Å². The monoisotopic (exact) mass is 237 g/mol. The number of anilines is 1. The minimum atomic E-state index is -5.02. The van der Waals surface area contributed by atoms with E-state index in [1.807, 2.05) is 0 Å². The fraction of sp³-hybridized carbons (Fsp3) is 0.222. The first-order chi connectivity index (χ1) is 7.29. The van der Waals surface area contributed by atoms with Gasteiger partial charge in [-0.15, -0.1) is 13.2 Å². The first-order valence-corrected chi connectivity index (χ1v) is 4.12. The predicted octanol–water partition coefficient (Wildman–Crippen LogP) is 2.63. The predicted molar refractivity (Wildman–Crippen MR) is 46.7 cm³/mol. The molecule has 3 nitrogen and oxygen atoms in total. The summed E-state index contributed by atoms with van der Waals surface area (Å²) in [4.78, 5) is 14.4. The molecule has 0 saturated heterocycles. The van der Waals surface area contributed by atoms with Crippen LogP contribution in [0, 0.1) is 5.82 Å². The van der Waals surface area contributed by atoms with E-state index in [0.717, 1.165) is 25.1 Å². The molecule has 0 fully saturated rings. The van der Waals surface area contributed by atoms with Crippen LogP contribution >= 0.6 is 0 Å². The molecule has 0 aromatic heterocycles. The van der Waals surface area contributed by atoms with Crippen molar-refractivity contribution in [3.63, 3.8) is 0 Å². The van der Waals surface area contributed by atoms with Gasteiger partial charge in [0.05, 0.1) is 5.69 Å². The van der Waals surface area contributed by atoms with Gasteiger partial charge in [-0.1, -0.05) is 6.07 Å². The maximum absolute atomic E-state index is 12.7. The number of halogens is 4. The van der Waals surface area contributed by atoms with Gasteiger partial charge in [0.25, 0.3) is 0 Å². The van der Waals surface area contributed by atoms with Crippen LogP contribution in [0.3, 0.4) is 0 Å². The lowest BCUT2D eigenvalue weighted by Gasteiger charge is -2.21. The number of rotatable bonds is 2. The molecule has 0 radical (unpaired) electrons. The highest BCUT2D eigenvalue weighted by Crippen LogP contribution is 2.24. The fourth-order valence-electron chi connectivity index (χ4n) is 1.00. The molecule has 0 atom stereocenters. The molecule has 88 valence electrons. The minimum Gasteiger partial charge on any atom is -0.273 e. The van der Waals surface area contributed by atoms with E-state index in [4.69, 9.17) is 0 Å². The number of benzene rings is 1. The highest BCUT2D eigenvalue weighted by Gasteiger charge is 2.35. The first-order valence-electron chi connectivity index (χ1n) is 4.12. The number of hydrogen-bond acceptors (Lipinski definition) is 2. The molecule has 0 unspecified atom stereocenters. The topological polar surface area (TPSA) is 29.5 Å². The van der Waals surface area contributed by atoms with Crippen molar-refractivity contribution in [2.45, 2.75) is 13.3 Å². The van der Waals surface area contributed by atoms with Gasteiger partial charge in [-0.25, -0.2) is 4.39 Å². The molecule has 16 heavy (non-hydrogen) atoms. The fourth-order valence-corrected chi connectivity index (χ4v) is 1.00. The van der Waals surface area contributed by atoms with Gasteiger partial charge in [0.1, 0.15) is 5.82 Å². The Morgan fingerprint density at radius 3 is 2.44 bits per heavy atom. The van der Waals surface area contributed by atoms with Crippen LogP contribution in [-0.2, 0) is 9.63 Å². The molecule has 0 aliphatic heterocycles. The normalized spacial score (nSPS) is 11.3. The molecule has 0 spiro atoms. The van der Waals surface area contributed by atoms with Crippen molar-refractivity contribution in [2.75, 3.05) is 5.06 Å². The number of hydrogen-bond donors (Lipinski definition) is 0. The Kier molecular flexibility index (Phi) is 3.48. The van der Waals surface area contributed by atoms with Crippen LogP contribution in [0.5, 0.6) is 0 Å². The van der Waals surface area contributed by atoms with Crippen molar-refractivity contribution in [1.82, 2.24) is 0 Å². The maximum Gasteiger partial charge on any atom is 0.544 e. The van der Waals surface area contributed by atoms with Gasteiger partial charge < -0.3 is 0 Å². The summed E-state index contributed by atoms with van der Waals surface area (Å²) in [5, 5.41) is -0.0247. The van der Waals surface area contributed by atoms with Crippen LogP contribution in [0.4, 0.5) is 23.2 Å². The second-order valence-corrected chi connectivity index (χ2v) is 2.83. The minimum absolute atomic E-state index is 0.0247. The molecular weight excluding hydrogens is 230 g/mol. The molecule has 1 aromatic rings. The van der Waals surface area contributed by atoms with Crippen LogP contribution in [0.25, 0.3) is 0 Å². The Morgan fingerprint density at radius 1 is 1.38 bits per heavy atom. The molecule has 1 amide bonds. The van der Waals surface area contributed by atoms with Crippen LogP contribution in [0.15, 0.2) is 24.3 Å². The van der Waals surface area contributed by atoms with Crippen LogP contribution in [0.2, 0.25) is 0 Å². The lowest BCUT2D eigenvalue weighted by atomic mass is 10.3. The van der Waals surface area contributed by atoms with Gasteiger partial charge in [-0.3, -0.25) is 4.79 Å². The van der Waals surface area contributed by atoms with Gasteiger partial charge in [-0.2, -0.15) is 9.90 Å². The summed E-state index contributed by atoms with van der Waals surface area (Å²) >= 11 is 0. The number of amides is 1. The van der Waals surface area contributed by atoms with Crippen LogP contribution in [-0.4, -0.2) is 12.3 Å². The Balaban J connectivity index is 2.99. The molecule has 1 rings (SSSR count). The smallest absolute Gasteiger partial charge is 0.273 e. The second-order valence-electron chi connectivity index (χ2n) is 2.83. The summed E-state index contributed by atoms with van der Waals surface area (Å²) in [6.07, 6.45) is -5.02. The Bertz CT molecular complexity index is 391. The number of alkyl halides is 3. The molecule has 0 saturated carbocycles. The van der Waals surface area contributed by atoms with E-state index in [1.54, 1.807) is 0 Å². The number of nitrogens with zero attached hydrogens (tertiary/aromatic N) is 1. The molecule has 0 aliphatic rings. The standard InChI is InChI=1S/C9H7F4NO2/c1-6(15)14(16-9(11,12)13)8-4-2-3-7(10)5-8/h2-5H,1H3. The number of hydroxylamine groups is 1. The van der Waals surface area contributed by atoms with Crippen LogP contribution < -0.4 is 5.06 Å². The summed E-state index contributed by atoms with van der Waals surface area (Å²) in [6.45, 7) is 0.872. The summed E-state index contributed by atoms with van der Waals surface area (Å²) in [5.74, 6) is -1.78. The van der Waals surface area contributed by atoms with Crippen LogP contribution in [0.1, 0.15) is 6.92 Å². The molecule has 0 N–H and O–H groups in total. The highest BCUT2D eigenvalue weighted by molar-refractivity contribution is 5.89. The number of carbonyl (C=O) groups is 1. The number of carbonyl (C=O) groups excluding carboxylic acids is 1. The van der Waals surface area contributed by atoms with Crippen molar-refractivity contribution >= 4 is 11.6 Å². The highest BCUT2D eigenvalue weighted by atomic mass is 19.4. The first kappa shape index (κ1) is 12.4. The summed E-state index contributed by atoms with van der Waals surface area (Å²) < 4.78 is 48.6. The maximum atomic E-state index is 12.7. The quantitative estimate of drug-likeness (QED) is 0.584. The van der Waals surface area contributed by atoms with Crippen molar-refractivity contribution in [1.29, 1.82) is 0 Å². The lowest BCUT2D eigenvalue weighted by Crippen LogP contribution is -2.35. The molecule has 0 heterocycles. The largest absolute Gasteiger partial charge is 0.544 e. The van der Waals surface area contributed by atoms with E-state index in [-0.39, 0.29) is 10.8 Å². The van der Waals surface area contributed by atoms with Gasteiger partial charge in [-0.05, 0) is 12.1 Å². The van der Waals surface area contributed by atoms with Gasteiger partial charge in [0.2, 0.25) is 5.91 Å². The van der Waals surface area contributed by atoms with Crippen molar-refractivity contribution in [3.05, 3.63) is 30.1 Å². The van der Waals surface area contributed by atoms with E-state index in [2.05, 4.69) is 4.84 Å². The third-order valence-corrected chi connectivity index (χ3v) is 1.52. The molecule has 1 aromatic carbocycles. The van der Waals surface area contributed by atoms with Gasteiger partial charge in [0, 0.05) is 13.0 Å². The van der Waals surface area contributed by atoms with E-state index in [9.17, 15) is 22.4 Å². The summed E-state index contributed by atoms with van der Waals surface area (Å²) in [6, 6.07) is 4.08. The molecule has 7 heteroatoms. The second kappa shape index (κ2) is 4.48. The Morgan fingerprint density at radius 2 is 2.00 bits per heavy atom. The lowest BCUT2D eigenvalue weighted by molar-refractivity contribution is -0.327. The van der Waals surface area contributed by atoms with E-state index in [0.29, 0.717) is 0 Å². The SMILES string of the molecule is CC(=O)N(OC(F)(F)F)c1cccc(F)c1. The van der Waals surface area contributed by atoms with E-state index < -0.39 is 18.1 Å². The van der Waals surface area contributed by atoms with E-state index >= 15 is 0 Å². The van der Waals surface area contributed by atoms with Crippen molar-refractivity contribution in [2.24, 2.45) is 0 Å². The van der Waals surface area contributed by atoms with Crippen molar-refractivity contribution < 1.29 is 27.2 Å². The molecular formula is C9H7F4NO2. The summed E-state index contributed by atoms with van der Waals surface area (Å²) in [7, 11) is 0. The third-order valence-electron chi connectivity index (χ3n) is 1.52.